The molecule has 0 atom stereocenters. The van der Waals surface area contributed by atoms with Crippen LogP contribution < -0.4 is 16.3 Å². The first-order chi connectivity index (χ1) is 17.0. The van der Waals surface area contributed by atoms with Gasteiger partial charge < -0.3 is 4.84 Å². The van der Waals surface area contributed by atoms with Crippen LogP contribution in [0.1, 0.15) is 53.4 Å². The molecule has 1 amide bonds. The highest BCUT2D eigenvalue weighted by atomic mass is 32.2. The number of benzene rings is 1. The number of aromatic nitrogens is 4. The van der Waals surface area contributed by atoms with Crippen LogP contribution in [0.2, 0.25) is 0 Å². The van der Waals surface area contributed by atoms with Gasteiger partial charge in [0.25, 0.3) is 21.5 Å². The highest BCUT2D eigenvalue weighted by molar-refractivity contribution is 7.90. The fourth-order valence-electron chi connectivity index (χ4n) is 3.67. The summed E-state index contributed by atoms with van der Waals surface area (Å²) in [6, 6.07) is 5.04. The molecule has 0 bridgehead atoms. The number of hydroxylamine groups is 1. The smallest absolute Gasteiger partial charge is 0.332 e. The lowest BCUT2D eigenvalue weighted by Gasteiger charge is -2.19. The van der Waals surface area contributed by atoms with Crippen molar-refractivity contribution in [3.8, 4) is 0 Å². The molecule has 12 nitrogen and oxygen atoms in total. The minimum absolute atomic E-state index is 0.00371. The second-order valence-electron chi connectivity index (χ2n) is 8.21. The molecule has 0 unspecified atom stereocenters. The first kappa shape index (κ1) is 26.9. The molecule has 0 spiro atoms. The first-order valence-corrected chi connectivity index (χ1v) is 13.0. The Balaban J connectivity index is 2.17. The van der Waals surface area contributed by atoms with Gasteiger partial charge in [-0.05, 0) is 37.1 Å². The third-order valence-corrected chi connectivity index (χ3v) is 7.15. The first-order valence-electron chi connectivity index (χ1n) is 11.6. The third kappa shape index (κ3) is 5.10. The van der Waals surface area contributed by atoms with E-state index in [2.05, 4.69) is 4.98 Å². The Morgan fingerprint density at radius 1 is 0.972 bits per heavy atom. The van der Waals surface area contributed by atoms with Crippen molar-refractivity contribution in [3.05, 3.63) is 51.4 Å². The molecule has 0 aliphatic heterocycles. The normalized spacial score (nSPS) is 11.6. The van der Waals surface area contributed by atoms with E-state index in [0.717, 1.165) is 39.7 Å². The minimum Gasteiger partial charge on any atom is -0.334 e. The molecule has 2 heterocycles. The molecular formula is C23H29N5O7S. The molecule has 0 N–H and O–H groups in total. The number of rotatable bonds is 9. The molecule has 0 radical (unpaired) electrons. The van der Waals surface area contributed by atoms with Crippen molar-refractivity contribution in [2.24, 2.45) is 0 Å². The maximum Gasteiger partial charge on any atom is 0.332 e. The van der Waals surface area contributed by atoms with Gasteiger partial charge in [-0.2, -0.15) is 0 Å². The molecule has 0 saturated carbocycles. The zero-order valence-corrected chi connectivity index (χ0v) is 21.4. The maximum absolute atomic E-state index is 13.5. The average molecular weight is 520 g/mol. The van der Waals surface area contributed by atoms with E-state index in [1.54, 1.807) is 0 Å². The Bertz CT molecular complexity index is 1500. The van der Waals surface area contributed by atoms with E-state index < -0.39 is 33.1 Å². The van der Waals surface area contributed by atoms with Crippen LogP contribution in [0, 0.1) is 0 Å². The summed E-state index contributed by atoms with van der Waals surface area (Å²) < 4.78 is 30.2. The predicted molar refractivity (Wildman–Crippen MR) is 132 cm³/mol. The number of carbonyl (C=O) groups is 2. The van der Waals surface area contributed by atoms with Crippen LogP contribution in [0.3, 0.4) is 0 Å². The number of hydrogen-bond acceptors (Lipinski definition) is 8. The monoisotopic (exact) mass is 519 g/mol. The van der Waals surface area contributed by atoms with Gasteiger partial charge in [0, 0.05) is 26.9 Å². The number of nitrogens with zero attached hydrogens (tertiary/aromatic N) is 5. The van der Waals surface area contributed by atoms with Gasteiger partial charge in [0.05, 0.1) is 10.6 Å². The van der Waals surface area contributed by atoms with Gasteiger partial charge in [-0.1, -0.05) is 26.7 Å². The zero-order valence-electron chi connectivity index (χ0n) is 20.6. The number of anilines is 1. The standard InChI is InChI=1S/C23H29N5O7S/c1-5-7-13-25-21-20(22(31)26(23(25)32)14-8-6-2)27(15-24-21)36(33,34)19-11-9-18(10-12-19)28(16(3)29)35-17(4)30/h9-12,15H,5-8,13-14H2,1-4H3. The molecule has 13 heteroatoms. The van der Waals surface area contributed by atoms with Crippen molar-refractivity contribution in [2.45, 2.75) is 71.4 Å². The molecule has 0 aliphatic rings. The molecule has 2 aromatic heterocycles. The Hall–Kier alpha value is -3.74. The lowest BCUT2D eigenvalue weighted by atomic mass is 10.3. The van der Waals surface area contributed by atoms with E-state index in [1.165, 1.54) is 35.8 Å². The van der Waals surface area contributed by atoms with Gasteiger partial charge in [-0.25, -0.2) is 27.0 Å². The molecule has 3 aromatic rings. The summed E-state index contributed by atoms with van der Waals surface area (Å²) in [4.78, 5) is 58.3. The fraction of sp³-hybridized carbons (Fsp3) is 0.435. The van der Waals surface area contributed by atoms with Crippen LogP contribution in [0.5, 0.6) is 0 Å². The second kappa shape index (κ2) is 10.9. The Morgan fingerprint density at radius 2 is 1.56 bits per heavy atom. The van der Waals surface area contributed by atoms with Crippen LogP contribution in [-0.2, 0) is 37.5 Å². The third-order valence-electron chi connectivity index (χ3n) is 5.49. The number of unbranched alkanes of at least 4 members (excludes halogenated alkanes) is 2. The number of aryl methyl sites for hydroxylation is 1. The number of fused-ring (bicyclic) bond motifs is 1. The molecule has 0 saturated heterocycles. The largest absolute Gasteiger partial charge is 0.334 e. The van der Waals surface area contributed by atoms with Crippen molar-refractivity contribution in [2.75, 3.05) is 5.06 Å². The molecule has 194 valence electrons. The van der Waals surface area contributed by atoms with Gasteiger partial charge in [0.1, 0.15) is 6.33 Å². The summed E-state index contributed by atoms with van der Waals surface area (Å²) in [5.41, 5.74) is -1.31. The van der Waals surface area contributed by atoms with E-state index in [0.29, 0.717) is 19.4 Å². The van der Waals surface area contributed by atoms with E-state index >= 15 is 0 Å². The number of amides is 1. The van der Waals surface area contributed by atoms with Crippen LogP contribution in [0.4, 0.5) is 5.69 Å². The predicted octanol–water partition coefficient (Wildman–Crippen LogP) is 2.03. The molecule has 36 heavy (non-hydrogen) atoms. The SMILES string of the molecule is CCCCn1c(=O)c2c(ncn2S(=O)(=O)c2ccc(N(OC(C)=O)C(C)=O)cc2)n(CCCC)c1=O. The summed E-state index contributed by atoms with van der Waals surface area (Å²) in [7, 11) is -4.30. The molecule has 1 aromatic carbocycles. The highest BCUT2D eigenvalue weighted by Gasteiger charge is 2.26. The molecule has 0 fully saturated rings. The quantitative estimate of drug-likeness (QED) is 0.391. The minimum atomic E-state index is -4.30. The summed E-state index contributed by atoms with van der Waals surface area (Å²) in [5.74, 6) is -1.31. The zero-order chi connectivity index (χ0) is 26.6. The maximum atomic E-state index is 13.5. The van der Waals surface area contributed by atoms with Crippen LogP contribution in [0.15, 0.2) is 45.1 Å². The fourth-order valence-corrected chi connectivity index (χ4v) is 4.95. The van der Waals surface area contributed by atoms with Gasteiger partial charge in [-0.15, -0.1) is 5.06 Å². The Labute approximate surface area is 207 Å². The van der Waals surface area contributed by atoms with Gasteiger partial charge >= 0.3 is 11.7 Å². The van der Waals surface area contributed by atoms with E-state index in [4.69, 9.17) is 4.84 Å². The van der Waals surface area contributed by atoms with Gasteiger partial charge in [-0.3, -0.25) is 18.7 Å². The number of carbonyl (C=O) groups excluding carboxylic acids is 2. The molecule has 3 rings (SSSR count). The van der Waals surface area contributed by atoms with Gasteiger partial charge in [0.2, 0.25) is 0 Å². The van der Waals surface area contributed by atoms with E-state index in [1.807, 2.05) is 13.8 Å². The van der Waals surface area contributed by atoms with Crippen molar-refractivity contribution in [1.82, 2.24) is 18.1 Å². The summed E-state index contributed by atoms with van der Waals surface area (Å²) >= 11 is 0. The van der Waals surface area contributed by atoms with Crippen molar-refractivity contribution < 1.29 is 22.8 Å². The summed E-state index contributed by atoms with van der Waals surface area (Å²) in [6.45, 7) is 6.65. The summed E-state index contributed by atoms with van der Waals surface area (Å²) in [5, 5.41) is 0.740. The number of hydrogen-bond donors (Lipinski definition) is 0. The molecule has 0 aliphatic carbocycles. The van der Waals surface area contributed by atoms with E-state index in [9.17, 15) is 27.6 Å². The highest BCUT2D eigenvalue weighted by Crippen LogP contribution is 2.22. The average Bonchev–Trinajstić information content (AvgIpc) is 3.28. The topological polar surface area (TPSA) is 143 Å². The lowest BCUT2D eigenvalue weighted by molar-refractivity contribution is -0.147. The van der Waals surface area contributed by atoms with Crippen molar-refractivity contribution in [3.63, 3.8) is 0 Å². The Kier molecular flexibility index (Phi) is 8.13. The van der Waals surface area contributed by atoms with Crippen LogP contribution in [-0.4, -0.2) is 38.4 Å². The lowest BCUT2D eigenvalue weighted by Crippen LogP contribution is -2.41. The second-order valence-corrected chi connectivity index (χ2v) is 10.0. The van der Waals surface area contributed by atoms with Crippen LogP contribution >= 0.6 is 0 Å². The van der Waals surface area contributed by atoms with Crippen LogP contribution in [0.25, 0.3) is 11.2 Å². The Morgan fingerprint density at radius 3 is 2.08 bits per heavy atom. The van der Waals surface area contributed by atoms with E-state index in [-0.39, 0.29) is 28.3 Å². The number of imidazole rings is 1. The summed E-state index contributed by atoms with van der Waals surface area (Å²) in [6.07, 6.45) is 3.77. The van der Waals surface area contributed by atoms with Gasteiger partial charge in [0.15, 0.2) is 11.2 Å². The van der Waals surface area contributed by atoms with Crippen molar-refractivity contribution in [1.29, 1.82) is 0 Å². The molecular weight excluding hydrogens is 490 g/mol. The van der Waals surface area contributed by atoms with Crippen molar-refractivity contribution >= 4 is 38.8 Å².